The van der Waals surface area contributed by atoms with Crippen molar-refractivity contribution in [3.05, 3.63) is 0 Å². The largest absolute Gasteiger partial charge is 0.481 e. The predicted octanol–water partition coefficient (Wildman–Crippen LogP) is 0.370. The molecule has 0 aromatic rings. The molecule has 1 saturated carbocycles. The van der Waals surface area contributed by atoms with Crippen molar-refractivity contribution in [2.75, 3.05) is 26.7 Å². The second kappa shape index (κ2) is 5.14. The first-order chi connectivity index (χ1) is 8.41. The number of aliphatic carboxylic acids is 1. The minimum atomic E-state index is -3.47. The minimum Gasteiger partial charge on any atom is -0.481 e. The molecule has 1 saturated heterocycles. The Kier molecular flexibility index (Phi) is 3.93. The first kappa shape index (κ1) is 13.8. The zero-order chi connectivity index (χ0) is 13.3. The minimum absolute atomic E-state index is 0.0312. The Morgan fingerprint density at radius 3 is 2.39 bits per heavy atom. The molecule has 104 valence electrons. The molecule has 0 spiro atoms. The maximum atomic E-state index is 12.2. The van der Waals surface area contributed by atoms with E-state index in [1.807, 2.05) is 0 Å². The van der Waals surface area contributed by atoms with Crippen molar-refractivity contribution >= 4 is 16.2 Å². The van der Waals surface area contributed by atoms with Crippen LogP contribution in [0.15, 0.2) is 0 Å². The number of carboxylic acid groups (broad SMARTS) is 1. The molecule has 2 aliphatic rings. The number of fused-ring (bicyclic) bond motifs is 1. The zero-order valence-electron chi connectivity index (χ0n) is 10.6. The normalized spacial score (nSPS) is 28.8. The summed E-state index contributed by atoms with van der Waals surface area (Å²) >= 11 is 0. The topological polar surface area (TPSA) is 77.9 Å². The molecule has 0 radical (unpaired) electrons. The van der Waals surface area contributed by atoms with Crippen molar-refractivity contribution in [2.45, 2.75) is 25.7 Å². The van der Waals surface area contributed by atoms with Gasteiger partial charge in [0.1, 0.15) is 0 Å². The fourth-order valence-corrected chi connectivity index (χ4v) is 4.42. The van der Waals surface area contributed by atoms with Crippen LogP contribution in [0, 0.1) is 11.8 Å². The Morgan fingerprint density at radius 2 is 1.89 bits per heavy atom. The smallest absolute Gasteiger partial charge is 0.304 e. The van der Waals surface area contributed by atoms with Gasteiger partial charge in [-0.05, 0) is 24.7 Å². The van der Waals surface area contributed by atoms with E-state index >= 15 is 0 Å². The molecular weight excluding hydrogens is 256 g/mol. The fraction of sp³-hybridized carbons (Fsp3) is 0.909. The Balaban J connectivity index is 1.96. The van der Waals surface area contributed by atoms with Crippen LogP contribution in [-0.2, 0) is 15.0 Å². The molecule has 1 aliphatic heterocycles. The van der Waals surface area contributed by atoms with Crippen molar-refractivity contribution in [1.82, 2.24) is 8.61 Å². The summed E-state index contributed by atoms with van der Waals surface area (Å²) in [4.78, 5) is 10.5. The van der Waals surface area contributed by atoms with Gasteiger partial charge in [-0.3, -0.25) is 4.79 Å². The van der Waals surface area contributed by atoms with E-state index in [9.17, 15) is 13.2 Å². The number of carboxylic acids is 1. The molecule has 0 amide bonds. The van der Waals surface area contributed by atoms with E-state index in [1.54, 1.807) is 0 Å². The van der Waals surface area contributed by atoms with Gasteiger partial charge in [0.2, 0.25) is 0 Å². The van der Waals surface area contributed by atoms with Gasteiger partial charge in [-0.25, -0.2) is 0 Å². The van der Waals surface area contributed by atoms with Crippen molar-refractivity contribution in [1.29, 1.82) is 0 Å². The second-order valence-corrected chi connectivity index (χ2v) is 7.28. The third-order valence-electron chi connectivity index (χ3n) is 4.05. The van der Waals surface area contributed by atoms with E-state index < -0.39 is 16.2 Å². The summed E-state index contributed by atoms with van der Waals surface area (Å²) in [5, 5.41) is 8.59. The van der Waals surface area contributed by atoms with E-state index in [-0.39, 0.29) is 13.0 Å². The Hall–Kier alpha value is -0.660. The molecule has 0 bridgehead atoms. The lowest BCUT2D eigenvalue weighted by atomic mass is 10.0. The monoisotopic (exact) mass is 276 g/mol. The SMILES string of the molecule is CN(CCC(=O)O)S(=O)(=O)N1CC2CCCC2C1. The number of hydrogen-bond acceptors (Lipinski definition) is 3. The number of hydrogen-bond donors (Lipinski definition) is 1. The quantitative estimate of drug-likeness (QED) is 0.787. The summed E-state index contributed by atoms with van der Waals surface area (Å²) in [5.41, 5.74) is 0. The van der Waals surface area contributed by atoms with Gasteiger partial charge in [0, 0.05) is 26.7 Å². The highest BCUT2D eigenvalue weighted by Crippen LogP contribution is 2.38. The molecule has 1 aliphatic carbocycles. The molecule has 0 aromatic carbocycles. The molecule has 18 heavy (non-hydrogen) atoms. The third-order valence-corrected chi connectivity index (χ3v) is 5.97. The van der Waals surface area contributed by atoms with Gasteiger partial charge in [-0.15, -0.1) is 0 Å². The standard InChI is InChI=1S/C11H20N2O4S/c1-12(6-5-11(14)15)18(16,17)13-7-9-3-2-4-10(9)8-13/h9-10H,2-8H2,1H3,(H,14,15). The lowest BCUT2D eigenvalue weighted by Gasteiger charge is -2.24. The summed E-state index contributed by atoms with van der Waals surface area (Å²) in [7, 11) is -2.02. The summed E-state index contributed by atoms with van der Waals surface area (Å²) in [6.07, 6.45) is 3.29. The van der Waals surface area contributed by atoms with E-state index in [0.29, 0.717) is 24.9 Å². The average Bonchev–Trinajstić information content (AvgIpc) is 2.85. The summed E-state index contributed by atoms with van der Waals surface area (Å²) in [6.45, 7) is 1.23. The second-order valence-electron chi connectivity index (χ2n) is 5.24. The van der Waals surface area contributed by atoms with Gasteiger partial charge in [0.25, 0.3) is 10.2 Å². The van der Waals surface area contributed by atoms with E-state index in [4.69, 9.17) is 5.11 Å². The Morgan fingerprint density at radius 1 is 1.33 bits per heavy atom. The summed E-state index contributed by atoms with van der Waals surface area (Å²) in [6, 6.07) is 0. The molecule has 2 fully saturated rings. The molecule has 2 unspecified atom stereocenters. The number of carbonyl (C=O) groups is 1. The van der Waals surface area contributed by atoms with Crippen molar-refractivity contribution in [3.63, 3.8) is 0 Å². The van der Waals surface area contributed by atoms with Crippen LogP contribution < -0.4 is 0 Å². The highest BCUT2D eigenvalue weighted by Gasteiger charge is 2.42. The van der Waals surface area contributed by atoms with Crippen molar-refractivity contribution < 1.29 is 18.3 Å². The molecule has 6 nitrogen and oxygen atoms in total. The zero-order valence-corrected chi connectivity index (χ0v) is 11.4. The van der Waals surface area contributed by atoms with Gasteiger partial charge in [-0.2, -0.15) is 17.0 Å². The van der Waals surface area contributed by atoms with Crippen molar-refractivity contribution in [3.8, 4) is 0 Å². The molecule has 2 atom stereocenters. The van der Waals surface area contributed by atoms with Crippen LogP contribution in [-0.4, -0.2) is 54.8 Å². The highest BCUT2D eigenvalue weighted by atomic mass is 32.2. The summed E-state index contributed by atoms with van der Waals surface area (Å²) in [5.74, 6) is 0.0376. The molecule has 2 rings (SSSR count). The maximum absolute atomic E-state index is 12.2. The Labute approximate surface area is 108 Å². The lowest BCUT2D eigenvalue weighted by Crippen LogP contribution is -2.41. The van der Waals surface area contributed by atoms with Crippen LogP contribution >= 0.6 is 0 Å². The lowest BCUT2D eigenvalue weighted by molar-refractivity contribution is -0.137. The van der Waals surface area contributed by atoms with Crippen LogP contribution in [0.1, 0.15) is 25.7 Å². The predicted molar refractivity (Wildman–Crippen MR) is 66.2 cm³/mol. The Bertz CT molecular complexity index is 411. The van der Waals surface area contributed by atoms with Gasteiger partial charge in [0.05, 0.1) is 6.42 Å². The van der Waals surface area contributed by atoms with Gasteiger partial charge < -0.3 is 5.11 Å². The highest BCUT2D eigenvalue weighted by molar-refractivity contribution is 7.86. The fourth-order valence-electron chi connectivity index (χ4n) is 2.95. The first-order valence-electron chi connectivity index (χ1n) is 6.34. The van der Waals surface area contributed by atoms with Crippen LogP contribution in [0.25, 0.3) is 0 Å². The van der Waals surface area contributed by atoms with Gasteiger partial charge in [-0.1, -0.05) is 6.42 Å². The van der Waals surface area contributed by atoms with E-state index in [1.165, 1.54) is 17.8 Å². The first-order valence-corrected chi connectivity index (χ1v) is 7.74. The molecule has 0 aromatic heterocycles. The molecule has 1 N–H and O–H groups in total. The average molecular weight is 276 g/mol. The number of nitrogens with zero attached hydrogens (tertiary/aromatic N) is 2. The molecular formula is C11H20N2O4S. The van der Waals surface area contributed by atoms with Gasteiger partial charge in [0.15, 0.2) is 0 Å². The van der Waals surface area contributed by atoms with E-state index in [0.717, 1.165) is 17.1 Å². The van der Waals surface area contributed by atoms with Crippen LogP contribution in [0.2, 0.25) is 0 Å². The third kappa shape index (κ3) is 2.67. The van der Waals surface area contributed by atoms with Crippen molar-refractivity contribution in [2.24, 2.45) is 11.8 Å². The molecule has 7 heteroatoms. The van der Waals surface area contributed by atoms with Crippen LogP contribution in [0.5, 0.6) is 0 Å². The van der Waals surface area contributed by atoms with Crippen LogP contribution in [0.3, 0.4) is 0 Å². The molecule has 1 heterocycles. The number of rotatable bonds is 5. The summed E-state index contributed by atoms with van der Waals surface area (Å²) < 4.78 is 27.1. The van der Waals surface area contributed by atoms with Crippen LogP contribution in [0.4, 0.5) is 0 Å². The maximum Gasteiger partial charge on any atom is 0.304 e. The van der Waals surface area contributed by atoms with Gasteiger partial charge >= 0.3 is 5.97 Å². The van der Waals surface area contributed by atoms with E-state index in [2.05, 4.69) is 0 Å².